The first-order valence-electron chi connectivity index (χ1n) is 6.71. The van der Waals surface area contributed by atoms with Crippen LogP contribution in [0, 0.1) is 0 Å². The molecule has 3 heterocycles. The van der Waals surface area contributed by atoms with Gasteiger partial charge in [-0.05, 0) is 36.4 Å². The van der Waals surface area contributed by atoms with E-state index in [2.05, 4.69) is 9.97 Å². The van der Waals surface area contributed by atoms with E-state index in [0.717, 1.165) is 11.1 Å². The van der Waals surface area contributed by atoms with Crippen LogP contribution >= 0.6 is 0 Å². The highest BCUT2D eigenvalue weighted by atomic mass is 16.4. The van der Waals surface area contributed by atoms with Gasteiger partial charge in [-0.3, -0.25) is 4.79 Å². The Morgan fingerprint density at radius 1 is 0.955 bits per heavy atom. The van der Waals surface area contributed by atoms with E-state index in [1.807, 2.05) is 30.3 Å². The van der Waals surface area contributed by atoms with Gasteiger partial charge in [0.05, 0.1) is 0 Å². The maximum atomic E-state index is 10.7. The Morgan fingerprint density at radius 2 is 1.86 bits per heavy atom. The third kappa shape index (κ3) is 2.09. The summed E-state index contributed by atoms with van der Waals surface area (Å²) in [6.45, 7) is 0. The normalized spacial score (nSPS) is 10.9. The smallest absolute Gasteiger partial charge is 0.228 e. The summed E-state index contributed by atoms with van der Waals surface area (Å²) in [6, 6.07) is 14.6. The van der Waals surface area contributed by atoms with Crippen LogP contribution in [0.2, 0.25) is 0 Å². The molecular weight excluding hydrogens is 280 g/mol. The monoisotopic (exact) mass is 290 g/mol. The first-order valence-corrected chi connectivity index (χ1v) is 6.71. The molecule has 0 fully saturated rings. The number of benzene rings is 1. The number of oxazole rings is 1. The third-order valence-corrected chi connectivity index (χ3v) is 3.30. The molecule has 0 atom stereocenters. The van der Waals surface area contributed by atoms with Gasteiger partial charge in [-0.2, -0.15) is 4.98 Å². The van der Waals surface area contributed by atoms with E-state index in [-0.39, 0.29) is 0 Å². The molecule has 0 N–H and O–H groups in total. The van der Waals surface area contributed by atoms with Crippen LogP contribution in [0.4, 0.5) is 0 Å². The van der Waals surface area contributed by atoms with Gasteiger partial charge in [0.25, 0.3) is 0 Å². The standard InChI is InChI=1S/C17H10N2O3/c20-10-13-6-7-14(21-13)11-3-1-4-12(9-11)17-19-16-15(22-17)5-2-8-18-16/h1-10H. The van der Waals surface area contributed by atoms with Crippen molar-refractivity contribution in [3.05, 3.63) is 60.5 Å². The summed E-state index contributed by atoms with van der Waals surface area (Å²) in [5.74, 6) is 1.42. The third-order valence-electron chi connectivity index (χ3n) is 3.30. The van der Waals surface area contributed by atoms with Crippen molar-refractivity contribution in [3.8, 4) is 22.8 Å². The van der Waals surface area contributed by atoms with Gasteiger partial charge in [-0.1, -0.05) is 12.1 Å². The summed E-state index contributed by atoms with van der Waals surface area (Å²) in [6.07, 6.45) is 2.36. The quantitative estimate of drug-likeness (QED) is 0.534. The summed E-state index contributed by atoms with van der Waals surface area (Å²) in [5.41, 5.74) is 2.88. The average molecular weight is 290 g/mol. The number of aromatic nitrogens is 2. The molecular formula is C17H10N2O3. The molecule has 0 saturated carbocycles. The Kier molecular flexibility index (Phi) is 2.83. The molecule has 0 aliphatic rings. The number of aldehydes is 1. The molecule has 1 aromatic carbocycles. The zero-order valence-corrected chi connectivity index (χ0v) is 11.4. The van der Waals surface area contributed by atoms with Crippen LogP contribution in [0.25, 0.3) is 34.0 Å². The molecule has 0 radical (unpaired) electrons. The summed E-state index contributed by atoms with van der Waals surface area (Å²) < 4.78 is 11.1. The van der Waals surface area contributed by atoms with Crippen LogP contribution in [0.1, 0.15) is 10.6 Å². The van der Waals surface area contributed by atoms with E-state index in [4.69, 9.17) is 8.83 Å². The van der Waals surface area contributed by atoms with Crippen LogP contribution in [-0.4, -0.2) is 16.3 Å². The second-order valence-corrected chi connectivity index (χ2v) is 4.74. The molecule has 106 valence electrons. The minimum atomic E-state index is 0.298. The number of carbonyl (C=O) groups excluding carboxylic acids is 1. The second kappa shape index (κ2) is 4.96. The number of furan rings is 1. The Morgan fingerprint density at radius 3 is 2.68 bits per heavy atom. The number of fused-ring (bicyclic) bond motifs is 1. The molecule has 0 bridgehead atoms. The van der Waals surface area contributed by atoms with Crippen molar-refractivity contribution in [2.75, 3.05) is 0 Å². The lowest BCUT2D eigenvalue weighted by Crippen LogP contribution is -1.80. The van der Waals surface area contributed by atoms with Crippen LogP contribution in [0.5, 0.6) is 0 Å². The van der Waals surface area contributed by atoms with Crippen LogP contribution in [-0.2, 0) is 0 Å². The number of rotatable bonds is 3. The molecule has 4 aromatic rings. The molecule has 3 aromatic heterocycles. The maximum absolute atomic E-state index is 10.7. The van der Waals surface area contributed by atoms with Gasteiger partial charge < -0.3 is 8.83 Å². The van der Waals surface area contributed by atoms with Crippen molar-refractivity contribution < 1.29 is 13.6 Å². The summed E-state index contributed by atoms with van der Waals surface area (Å²) >= 11 is 0. The van der Waals surface area contributed by atoms with Gasteiger partial charge in [-0.25, -0.2) is 4.98 Å². The lowest BCUT2D eigenvalue weighted by atomic mass is 10.1. The fraction of sp³-hybridized carbons (Fsp3) is 0. The summed E-state index contributed by atoms with van der Waals surface area (Å²) in [7, 11) is 0. The fourth-order valence-corrected chi connectivity index (χ4v) is 2.27. The molecule has 0 unspecified atom stereocenters. The van der Waals surface area contributed by atoms with Crippen molar-refractivity contribution in [1.82, 2.24) is 9.97 Å². The fourth-order valence-electron chi connectivity index (χ4n) is 2.27. The van der Waals surface area contributed by atoms with Crippen molar-refractivity contribution in [2.24, 2.45) is 0 Å². The number of nitrogens with zero attached hydrogens (tertiary/aromatic N) is 2. The average Bonchev–Trinajstić information content (AvgIpc) is 3.21. The van der Waals surface area contributed by atoms with Gasteiger partial charge in [0.1, 0.15) is 5.76 Å². The Bertz CT molecular complexity index is 936. The highest BCUT2D eigenvalue weighted by molar-refractivity contribution is 5.75. The minimum Gasteiger partial charge on any atom is -0.453 e. The molecule has 22 heavy (non-hydrogen) atoms. The summed E-state index contributed by atoms with van der Waals surface area (Å²) in [4.78, 5) is 19.2. The number of hydrogen-bond donors (Lipinski definition) is 0. The molecule has 4 rings (SSSR count). The van der Waals surface area contributed by atoms with Gasteiger partial charge >= 0.3 is 0 Å². The molecule has 5 heteroatoms. The maximum Gasteiger partial charge on any atom is 0.228 e. The van der Waals surface area contributed by atoms with Crippen molar-refractivity contribution in [1.29, 1.82) is 0 Å². The topological polar surface area (TPSA) is 69.1 Å². The van der Waals surface area contributed by atoms with Crippen LogP contribution in [0.15, 0.2) is 63.6 Å². The number of carbonyl (C=O) groups is 1. The molecule has 0 aliphatic carbocycles. The van der Waals surface area contributed by atoms with E-state index in [1.54, 1.807) is 24.4 Å². The van der Waals surface area contributed by atoms with E-state index in [9.17, 15) is 4.79 Å². The first kappa shape index (κ1) is 12.5. The van der Waals surface area contributed by atoms with E-state index >= 15 is 0 Å². The highest BCUT2D eigenvalue weighted by Crippen LogP contribution is 2.28. The Labute approximate surface area is 125 Å². The van der Waals surface area contributed by atoms with Crippen LogP contribution < -0.4 is 0 Å². The first-order chi connectivity index (χ1) is 10.8. The van der Waals surface area contributed by atoms with E-state index in [0.29, 0.717) is 34.9 Å². The van der Waals surface area contributed by atoms with Gasteiger partial charge in [0, 0.05) is 17.3 Å². The number of hydrogen-bond acceptors (Lipinski definition) is 5. The molecule has 0 saturated heterocycles. The second-order valence-electron chi connectivity index (χ2n) is 4.74. The molecule has 0 aliphatic heterocycles. The van der Waals surface area contributed by atoms with Gasteiger partial charge in [0.15, 0.2) is 23.3 Å². The van der Waals surface area contributed by atoms with E-state index in [1.165, 1.54) is 0 Å². The van der Waals surface area contributed by atoms with E-state index < -0.39 is 0 Å². The molecule has 0 amide bonds. The lowest BCUT2D eigenvalue weighted by Gasteiger charge is -1.99. The predicted molar refractivity (Wildman–Crippen MR) is 80.3 cm³/mol. The largest absolute Gasteiger partial charge is 0.453 e. The van der Waals surface area contributed by atoms with Gasteiger partial charge in [0.2, 0.25) is 5.89 Å². The Balaban J connectivity index is 1.79. The molecule has 0 spiro atoms. The Hall–Kier alpha value is -3.21. The summed E-state index contributed by atoms with van der Waals surface area (Å²) in [5, 5.41) is 0. The molecule has 5 nitrogen and oxygen atoms in total. The SMILES string of the molecule is O=Cc1ccc(-c2cccc(-c3nc4ncccc4o3)c2)o1. The van der Waals surface area contributed by atoms with Crippen LogP contribution in [0.3, 0.4) is 0 Å². The zero-order valence-electron chi connectivity index (χ0n) is 11.4. The van der Waals surface area contributed by atoms with Crippen molar-refractivity contribution >= 4 is 17.5 Å². The predicted octanol–water partition coefficient (Wildman–Crippen LogP) is 3.96. The number of pyridine rings is 1. The highest BCUT2D eigenvalue weighted by Gasteiger charge is 2.11. The van der Waals surface area contributed by atoms with Crippen molar-refractivity contribution in [3.63, 3.8) is 0 Å². The van der Waals surface area contributed by atoms with Crippen molar-refractivity contribution in [2.45, 2.75) is 0 Å². The minimum absolute atomic E-state index is 0.298. The zero-order chi connectivity index (χ0) is 14.9. The van der Waals surface area contributed by atoms with Gasteiger partial charge in [-0.15, -0.1) is 0 Å². The lowest BCUT2D eigenvalue weighted by molar-refractivity contribution is 0.110.